The first kappa shape index (κ1) is 36.2. The summed E-state index contributed by atoms with van der Waals surface area (Å²) < 4.78 is 5.13. The Morgan fingerprint density at radius 3 is 1.18 bits per heavy atom. The maximum absolute atomic E-state index is 2.56. The van der Waals surface area contributed by atoms with Crippen LogP contribution in [-0.4, -0.2) is 4.57 Å². The Morgan fingerprint density at radius 2 is 0.821 bits per heavy atom. The number of hydrogen-bond donors (Lipinski definition) is 0. The zero-order valence-electron chi connectivity index (χ0n) is 27.6. The van der Waals surface area contributed by atoms with Crippen molar-refractivity contribution >= 4 is 0 Å². The molecule has 2 heteroatoms. The lowest BCUT2D eigenvalue weighted by Crippen LogP contribution is -2.38. The van der Waals surface area contributed by atoms with Gasteiger partial charge in [0.15, 0.2) is 0 Å². The molecule has 0 aromatic carbocycles. The summed E-state index contributed by atoms with van der Waals surface area (Å²) in [5, 5.41) is 0. The maximum atomic E-state index is 2.56. The first-order valence-corrected chi connectivity index (χ1v) is 18.3. The average molecular weight is 546 g/mol. The normalized spacial score (nSPS) is 11.7. The van der Waals surface area contributed by atoms with Gasteiger partial charge in [-0.1, -0.05) is 175 Å². The van der Waals surface area contributed by atoms with Gasteiger partial charge in [-0.2, -0.15) is 0 Å². The second kappa shape index (κ2) is 27.4. The van der Waals surface area contributed by atoms with Crippen LogP contribution in [0.4, 0.5) is 0 Å². The fraction of sp³-hybridized carbons (Fsp3) is 0.919. The fourth-order valence-electron chi connectivity index (χ4n) is 6.30. The minimum Gasteiger partial charge on any atom is -0.234 e. The van der Waals surface area contributed by atoms with Crippen LogP contribution < -0.4 is 4.57 Å². The van der Waals surface area contributed by atoms with Gasteiger partial charge in [-0.25, -0.2) is 9.13 Å². The molecule has 0 amide bonds. The molecule has 1 heterocycles. The van der Waals surface area contributed by atoms with Crippen molar-refractivity contribution in [1.29, 1.82) is 0 Å². The second-order valence-corrected chi connectivity index (χ2v) is 13.0. The minimum absolute atomic E-state index is 0.605. The van der Waals surface area contributed by atoms with E-state index in [1.165, 1.54) is 186 Å². The SMILES string of the molecule is CCCCCCCCCCCCCCCCn1cc[n+](CCCCCCCCCCCCCCC)c1C(C)C. The largest absolute Gasteiger partial charge is 0.258 e. The van der Waals surface area contributed by atoms with Gasteiger partial charge in [0.2, 0.25) is 0 Å². The Labute approximate surface area is 247 Å². The molecule has 0 bridgehead atoms. The van der Waals surface area contributed by atoms with Gasteiger partial charge in [-0.3, -0.25) is 0 Å². The molecule has 2 nitrogen and oxygen atoms in total. The summed E-state index contributed by atoms with van der Waals surface area (Å²) in [5.41, 5.74) is 0. The summed E-state index contributed by atoms with van der Waals surface area (Å²) in [6.07, 6.45) is 43.5. The predicted octanol–water partition coefficient (Wildman–Crippen LogP) is 12.5. The van der Waals surface area contributed by atoms with Gasteiger partial charge in [0, 0.05) is 0 Å². The molecule has 39 heavy (non-hydrogen) atoms. The van der Waals surface area contributed by atoms with E-state index in [0.29, 0.717) is 5.92 Å². The van der Waals surface area contributed by atoms with E-state index in [-0.39, 0.29) is 0 Å². The smallest absolute Gasteiger partial charge is 0.234 e. The molecule has 0 aliphatic heterocycles. The highest BCUT2D eigenvalue weighted by molar-refractivity contribution is 4.89. The van der Waals surface area contributed by atoms with E-state index in [4.69, 9.17) is 0 Å². The van der Waals surface area contributed by atoms with Crippen LogP contribution in [0, 0.1) is 0 Å². The summed E-state index contributed by atoms with van der Waals surface area (Å²) in [6, 6.07) is 0. The van der Waals surface area contributed by atoms with Gasteiger partial charge in [-0.15, -0.1) is 0 Å². The number of aryl methyl sites for hydroxylation is 2. The van der Waals surface area contributed by atoms with E-state index >= 15 is 0 Å². The Morgan fingerprint density at radius 1 is 0.487 bits per heavy atom. The summed E-state index contributed by atoms with van der Waals surface area (Å²) in [7, 11) is 0. The van der Waals surface area contributed by atoms with Crippen LogP contribution in [0.25, 0.3) is 0 Å². The van der Waals surface area contributed by atoms with Crippen LogP contribution in [0.3, 0.4) is 0 Å². The van der Waals surface area contributed by atoms with Gasteiger partial charge in [0.05, 0.1) is 19.0 Å². The highest BCUT2D eigenvalue weighted by Crippen LogP contribution is 2.16. The van der Waals surface area contributed by atoms with Crippen LogP contribution in [0.1, 0.15) is 213 Å². The van der Waals surface area contributed by atoms with E-state index in [1.807, 2.05) is 0 Å². The molecular weight excluding hydrogens is 472 g/mol. The zero-order chi connectivity index (χ0) is 28.2. The summed E-state index contributed by atoms with van der Waals surface area (Å²) in [6.45, 7) is 11.8. The lowest BCUT2D eigenvalue weighted by atomic mass is 10.0. The van der Waals surface area contributed by atoms with E-state index in [1.54, 1.807) is 5.82 Å². The molecule has 1 rings (SSSR count). The highest BCUT2D eigenvalue weighted by atomic mass is 15.1. The second-order valence-electron chi connectivity index (χ2n) is 13.0. The van der Waals surface area contributed by atoms with Crippen molar-refractivity contribution in [3.63, 3.8) is 0 Å². The average Bonchev–Trinajstić information content (AvgIpc) is 3.34. The van der Waals surface area contributed by atoms with Crippen molar-refractivity contribution in [2.24, 2.45) is 0 Å². The third kappa shape index (κ3) is 20.7. The lowest BCUT2D eigenvalue weighted by molar-refractivity contribution is -0.705. The van der Waals surface area contributed by atoms with E-state index in [9.17, 15) is 0 Å². The first-order chi connectivity index (χ1) is 19.2. The molecule has 0 saturated carbocycles. The van der Waals surface area contributed by atoms with Crippen molar-refractivity contribution in [3.05, 3.63) is 18.2 Å². The maximum Gasteiger partial charge on any atom is 0.258 e. The van der Waals surface area contributed by atoms with Crippen LogP contribution in [0.2, 0.25) is 0 Å². The lowest BCUT2D eigenvalue weighted by Gasteiger charge is -2.08. The number of rotatable bonds is 30. The molecule has 0 N–H and O–H groups in total. The molecule has 0 unspecified atom stereocenters. The Kier molecular flexibility index (Phi) is 25.4. The number of imidazole rings is 1. The van der Waals surface area contributed by atoms with E-state index < -0.39 is 0 Å². The molecule has 0 spiro atoms. The number of hydrogen-bond acceptors (Lipinski definition) is 0. The molecule has 1 aromatic rings. The van der Waals surface area contributed by atoms with Crippen molar-refractivity contribution in [2.45, 2.75) is 220 Å². The topological polar surface area (TPSA) is 8.81 Å². The highest BCUT2D eigenvalue weighted by Gasteiger charge is 2.20. The molecule has 0 aliphatic rings. The van der Waals surface area contributed by atoms with Crippen LogP contribution in [0.15, 0.2) is 12.4 Å². The Balaban J connectivity index is 2.03. The van der Waals surface area contributed by atoms with Crippen molar-refractivity contribution in [2.75, 3.05) is 0 Å². The van der Waals surface area contributed by atoms with Gasteiger partial charge in [0.25, 0.3) is 5.82 Å². The fourth-order valence-corrected chi connectivity index (χ4v) is 6.30. The Bertz CT molecular complexity index is 617. The van der Waals surface area contributed by atoms with Gasteiger partial charge < -0.3 is 0 Å². The van der Waals surface area contributed by atoms with Crippen LogP contribution in [0.5, 0.6) is 0 Å². The van der Waals surface area contributed by atoms with Gasteiger partial charge in [-0.05, 0) is 25.7 Å². The van der Waals surface area contributed by atoms with E-state index in [2.05, 4.69) is 49.2 Å². The number of aromatic nitrogens is 2. The summed E-state index contributed by atoms with van der Waals surface area (Å²) in [5.74, 6) is 2.15. The standard InChI is InChI=1S/C37H73N2/c1-5-7-9-11-13-15-17-19-21-23-25-27-29-31-33-39-35-34-38(37(39)36(3)4)32-30-28-26-24-22-20-18-16-14-12-10-8-6-2/h34-36H,5-33H2,1-4H3/q+1. The van der Waals surface area contributed by atoms with Crippen molar-refractivity contribution < 1.29 is 4.57 Å². The minimum atomic E-state index is 0.605. The van der Waals surface area contributed by atoms with Gasteiger partial charge >= 0.3 is 0 Å². The summed E-state index contributed by atoms with van der Waals surface area (Å²) >= 11 is 0. The number of unbranched alkanes of at least 4 members (excludes halogenated alkanes) is 25. The molecule has 0 saturated heterocycles. The van der Waals surface area contributed by atoms with Crippen LogP contribution >= 0.6 is 0 Å². The molecule has 1 aromatic heterocycles. The third-order valence-corrected chi connectivity index (χ3v) is 8.79. The molecular formula is C37H73N2+. The van der Waals surface area contributed by atoms with Crippen molar-refractivity contribution in [3.8, 4) is 0 Å². The first-order valence-electron chi connectivity index (χ1n) is 18.3. The quantitative estimate of drug-likeness (QED) is 0.0671. The molecule has 0 fully saturated rings. The van der Waals surface area contributed by atoms with Crippen LogP contribution in [-0.2, 0) is 13.1 Å². The third-order valence-electron chi connectivity index (χ3n) is 8.79. The van der Waals surface area contributed by atoms with E-state index in [0.717, 1.165) is 0 Å². The molecule has 0 aliphatic carbocycles. The molecule has 230 valence electrons. The summed E-state index contributed by atoms with van der Waals surface area (Å²) in [4.78, 5) is 0. The van der Waals surface area contributed by atoms with Gasteiger partial charge in [0.1, 0.15) is 12.4 Å². The zero-order valence-corrected chi connectivity index (χ0v) is 27.6. The Hall–Kier alpha value is -0.790. The van der Waals surface area contributed by atoms with Crippen molar-refractivity contribution in [1.82, 2.24) is 4.57 Å². The predicted molar refractivity (Wildman–Crippen MR) is 175 cm³/mol. The monoisotopic (exact) mass is 546 g/mol. The molecule has 0 atom stereocenters. The molecule has 0 radical (unpaired) electrons. The number of nitrogens with zero attached hydrogens (tertiary/aromatic N) is 2.